The van der Waals surface area contributed by atoms with E-state index in [-0.39, 0.29) is 24.2 Å². The Labute approximate surface area is 122 Å². The third kappa shape index (κ3) is 6.71. The van der Waals surface area contributed by atoms with E-state index in [1.807, 2.05) is 39.0 Å². The fourth-order valence-corrected chi connectivity index (χ4v) is 1.95. The molecule has 0 spiro atoms. The van der Waals surface area contributed by atoms with Gasteiger partial charge in [-0.1, -0.05) is 44.2 Å². The first-order chi connectivity index (χ1) is 9.28. The summed E-state index contributed by atoms with van der Waals surface area (Å²) >= 11 is 0. The van der Waals surface area contributed by atoms with Crippen molar-refractivity contribution in [3.05, 3.63) is 35.9 Å². The Kier molecular flexibility index (Phi) is 6.21. The lowest BCUT2D eigenvalue weighted by Gasteiger charge is -2.23. The predicted molar refractivity (Wildman–Crippen MR) is 82.5 cm³/mol. The monoisotopic (exact) mass is 277 g/mol. The number of ether oxygens (including phenoxy) is 1. The maximum atomic E-state index is 12.0. The third-order valence-corrected chi connectivity index (χ3v) is 2.88. The van der Waals surface area contributed by atoms with Crippen molar-refractivity contribution in [3.8, 4) is 0 Å². The van der Waals surface area contributed by atoms with Crippen LogP contribution in [0.25, 0.3) is 0 Å². The van der Waals surface area contributed by atoms with Gasteiger partial charge in [0.2, 0.25) is 5.91 Å². The summed E-state index contributed by atoms with van der Waals surface area (Å²) in [5, 5.41) is 3.07. The molecule has 0 aliphatic rings. The van der Waals surface area contributed by atoms with E-state index in [0.717, 1.165) is 12.0 Å². The average Bonchev–Trinajstić information content (AvgIpc) is 2.35. The molecule has 3 heteroatoms. The lowest BCUT2D eigenvalue weighted by molar-refractivity contribution is -0.131. The highest BCUT2D eigenvalue weighted by Crippen LogP contribution is 2.21. The Bertz CT molecular complexity index is 407. The maximum absolute atomic E-state index is 12.0. The molecule has 1 atom stereocenters. The zero-order valence-electron chi connectivity index (χ0n) is 13.3. The van der Waals surface area contributed by atoms with Gasteiger partial charge in [-0.2, -0.15) is 0 Å². The minimum absolute atomic E-state index is 0.0484. The molecule has 1 unspecified atom stereocenters. The molecule has 1 amide bonds. The first kappa shape index (κ1) is 16.7. The number of rotatable bonds is 6. The molecule has 0 bridgehead atoms. The van der Waals surface area contributed by atoms with Crippen molar-refractivity contribution in [2.24, 2.45) is 5.92 Å². The summed E-state index contributed by atoms with van der Waals surface area (Å²) in [6, 6.07) is 10.1. The van der Waals surface area contributed by atoms with Crippen LogP contribution in [0.5, 0.6) is 0 Å². The Hall–Kier alpha value is -1.35. The van der Waals surface area contributed by atoms with Crippen molar-refractivity contribution in [2.75, 3.05) is 6.61 Å². The van der Waals surface area contributed by atoms with Crippen molar-refractivity contribution in [1.29, 1.82) is 0 Å². The molecule has 112 valence electrons. The van der Waals surface area contributed by atoms with Crippen molar-refractivity contribution in [2.45, 2.75) is 52.7 Å². The minimum atomic E-state index is -0.294. The van der Waals surface area contributed by atoms with Gasteiger partial charge >= 0.3 is 0 Å². The first-order valence-electron chi connectivity index (χ1n) is 7.26. The lowest BCUT2D eigenvalue weighted by atomic mass is 9.97. The average molecular weight is 277 g/mol. The lowest BCUT2D eigenvalue weighted by Crippen LogP contribution is -2.35. The molecule has 0 aliphatic carbocycles. The number of amides is 1. The normalized spacial score (nSPS) is 13.3. The second-order valence-corrected chi connectivity index (χ2v) is 6.56. The summed E-state index contributed by atoms with van der Waals surface area (Å²) in [7, 11) is 0. The molecule has 0 saturated carbocycles. The second kappa shape index (κ2) is 7.44. The fourth-order valence-electron chi connectivity index (χ4n) is 1.95. The molecular formula is C17H27NO2. The van der Waals surface area contributed by atoms with E-state index in [2.05, 4.69) is 31.3 Å². The second-order valence-electron chi connectivity index (χ2n) is 6.56. The molecule has 0 saturated heterocycles. The smallest absolute Gasteiger partial charge is 0.246 e. The summed E-state index contributed by atoms with van der Waals surface area (Å²) < 4.78 is 5.52. The standard InChI is InChI=1S/C17H27NO2/c1-13(2)11-15(14-9-7-6-8-10-14)18-16(19)12-20-17(3,4)5/h6-10,13,15H,11-12H2,1-5H3,(H,18,19). The van der Waals surface area contributed by atoms with Crippen LogP contribution in [-0.2, 0) is 9.53 Å². The summed E-state index contributed by atoms with van der Waals surface area (Å²) in [4.78, 5) is 12.0. The van der Waals surface area contributed by atoms with Crippen molar-refractivity contribution in [3.63, 3.8) is 0 Å². The number of benzene rings is 1. The fraction of sp³-hybridized carbons (Fsp3) is 0.588. The molecule has 20 heavy (non-hydrogen) atoms. The Morgan fingerprint density at radius 3 is 2.30 bits per heavy atom. The van der Waals surface area contributed by atoms with Gasteiger partial charge < -0.3 is 10.1 Å². The Balaban J connectivity index is 2.64. The first-order valence-corrected chi connectivity index (χ1v) is 7.26. The van der Waals surface area contributed by atoms with Crippen LogP contribution in [0.1, 0.15) is 52.6 Å². The van der Waals surface area contributed by atoms with E-state index in [0.29, 0.717) is 5.92 Å². The molecule has 0 heterocycles. The summed E-state index contributed by atoms with van der Waals surface area (Å²) in [5.41, 5.74) is 0.850. The van der Waals surface area contributed by atoms with Crippen LogP contribution >= 0.6 is 0 Å². The van der Waals surface area contributed by atoms with Crippen molar-refractivity contribution >= 4 is 5.91 Å². The van der Waals surface area contributed by atoms with E-state index in [9.17, 15) is 4.79 Å². The van der Waals surface area contributed by atoms with Gasteiger partial charge in [-0.05, 0) is 38.7 Å². The van der Waals surface area contributed by atoms with Crippen LogP contribution in [0.4, 0.5) is 0 Å². The van der Waals surface area contributed by atoms with Gasteiger partial charge in [-0.3, -0.25) is 4.79 Å². The van der Waals surface area contributed by atoms with Gasteiger partial charge in [-0.25, -0.2) is 0 Å². The maximum Gasteiger partial charge on any atom is 0.246 e. The van der Waals surface area contributed by atoms with Gasteiger partial charge in [0.25, 0.3) is 0 Å². The summed E-state index contributed by atoms with van der Waals surface area (Å²) in [5.74, 6) is 0.457. The van der Waals surface area contributed by atoms with Crippen LogP contribution in [0.3, 0.4) is 0 Å². The molecular weight excluding hydrogens is 250 g/mol. The quantitative estimate of drug-likeness (QED) is 0.861. The van der Waals surface area contributed by atoms with Gasteiger partial charge in [0.15, 0.2) is 0 Å². The van der Waals surface area contributed by atoms with Crippen LogP contribution in [0.15, 0.2) is 30.3 Å². The number of carbonyl (C=O) groups is 1. The van der Waals surface area contributed by atoms with E-state index in [1.165, 1.54) is 0 Å². The molecule has 0 aromatic heterocycles. The summed E-state index contributed by atoms with van der Waals surface area (Å²) in [6.07, 6.45) is 0.922. The van der Waals surface area contributed by atoms with E-state index in [4.69, 9.17) is 4.74 Å². The molecule has 3 nitrogen and oxygen atoms in total. The van der Waals surface area contributed by atoms with Crippen LogP contribution in [0, 0.1) is 5.92 Å². The zero-order chi connectivity index (χ0) is 15.2. The van der Waals surface area contributed by atoms with E-state index in [1.54, 1.807) is 0 Å². The molecule has 1 aromatic rings. The highest BCUT2D eigenvalue weighted by Gasteiger charge is 2.18. The third-order valence-electron chi connectivity index (χ3n) is 2.88. The highest BCUT2D eigenvalue weighted by molar-refractivity contribution is 5.77. The number of carbonyl (C=O) groups excluding carboxylic acids is 1. The number of hydrogen-bond acceptors (Lipinski definition) is 2. The molecule has 0 fully saturated rings. The number of hydrogen-bond donors (Lipinski definition) is 1. The molecule has 1 rings (SSSR count). The Morgan fingerprint density at radius 2 is 1.80 bits per heavy atom. The molecule has 1 N–H and O–H groups in total. The SMILES string of the molecule is CC(C)CC(NC(=O)COC(C)(C)C)c1ccccc1. The summed E-state index contributed by atoms with van der Waals surface area (Å²) in [6.45, 7) is 10.3. The predicted octanol–water partition coefficient (Wildman–Crippen LogP) is 3.71. The number of nitrogens with one attached hydrogen (secondary N) is 1. The molecule has 1 aromatic carbocycles. The van der Waals surface area contributed by atoms with Crippen molar-refractivity contribution in [1.82, 2.24) is 5.32 Å². The van der Waals surface area contributed by atoms with Gasteiger partial charge in [-0.15, -0.1) is 0 Å². The van der Waals surface area contributed by atoms with Crippen LogP contribution in [-0.4, -0.2) is 18.1 Å². The van der Waals surface area contributed by atoms with E-state index < -0.39 is 0 Å². The van der Waals surface area contributed by atoms with Crippen molar-refractivity contribution < 1.29 is 9.53 Å². The van der Waals surface area contributed by atoms with Gasteiger partial charge in [0, 0.05) is 0 Å². The van der Waals surface area contributed by atoms with Gasteiger partial charge in [0.1, 0.15) is 6.61 Å². The molecule has 0 radical (unpaired) electrons. The van der Waals surface area contributed by atoms with Gasteiger partial charge in [0.05, 0.1) is 11.6 Å². The largest absolute Gasteiger partial charge is 0.366 e. The minimum Gasteiger partial charge on any atom is -0.366 e. The Morgan fingerprint density at radius 1 is 1.20 bits per heavy atom. The van der Waals surface area contributed by atoms with E-state index >= 15 is 0 Å². The van der Waals surface area contributed by atoms with Crippen LogP contribution in [0.2, 0.25) is 0 Å². The topological polar surface area (TPSA) is 38.3 Å². The molecule has 0 aliphatic heterocycles. The highest BCUT2D eigenvalue weighted by atomic mass is 16.5. The zero-order valence-corrected chi connectivity index (χ0v) is 13.3. The van der Waals surface area contributed by atoms with Crippen LogP contribution < -0.4 is 5.32 Å².